The van der Waals surface area contributed by atoms with Gasteiger partial charge in [-0.2, -0.15) is 0 Å². The van der Waals surface area contributed by atoms with Crippen LogP contribution in [0.25, 0.3) is 0 Å². The van der Waals surface area contributed by atoms with Crippen molar-refractivity contribution in [3.05, 3.63) is 83.6 Å². The van der Waals surface area contributed by atoms with E-state index in [4.69, 9.17) is 0 Å². The normalized spacial score (nSPS) is 11.1. The van der Waals surface area contributed by atoms with E-state index in [0.29, 0.717) is 17.1 Å². The van der Waals surface area contributed by atoms with Crippen molar-refractivity contribution in [1.82, 2.24) is 4.98 Å². The fourth-order valence-electron chi connectivity index (χ4n) is 2.62. The first-order valence-corrected chi connectivity index (χ1v) is 10.1. The maximum atomic E-state index is 12.8. The van der Waals surface area contributed by atoms with Crippen molar-refractivity contribution in [2.75, 3.05) is 16.7 Å². The number of sulfonamides is 1. The molecule has 0 saturated heterocycles. The van der Waals surface area contributed by atoms with Gasteiger partial charge in [-0.15, -0.1) is 0 Å². The summed E-state index contributed by atoms with van der Waals surface area (Å²) in [6.45, 7) is 3.81. The van der Waals surface area contributed by atoms with Crippen LogP contribution in [-0.4, -0.2) is 26.4 Å². The fraction of sp³-hybridized carbons (Fsp3) is 0.143. The van der Waals surface area contributed by atoms with Crippen LogP contribution in [0.5, 0.6) is 0 Å². The largest absolute Gasteiger partial charge is 0.307 e. The van der Waals surface area contributed by atoms with Crippen molar-refractivity contribution in [2.45, 2.75) is 18.7 Å². The lowest BCUT2D eigenvalue weighted by atomic mass is 10.2. The summed E-state index contributed by atoms with van der Waals surface area (Å²) in [6, 6.07) is 16.7. The Morgan fingerprint density at radius 2 is 1.57 bits per heavy atom. The number of hydrogen-bond donors (Lipinski definition) is 1. The molecule has 7 heteroatoms. The van der Waals surface area contributed by atoms with Crippen LogP contribution in [0.3, 0.4) is 0 Å². The number of pyridine rings is 1. The van der Waals surface area contributed by atoms with Crippen LogP contribution < -0.4 is 9.62 Å². The van der Waals surface area contributed by atoms with Gasteiger partial charge in [0.25, 0.3) is 15.9 Å². The molecule has 0 aliphatic carbocycles. The molecule has 0 aliphatic heterocycles. The molecule has 1 N–H and O–H groups in total. The van der Waals surface area contributed by atoms with E-state index in [1.165, 1.54) is 11.4 Å². The van der Waals surface area contributed by atoms with Crippen LogP contribution in [0.4, 0.5) is 11.5 Å². The number of nitrogens with one attached hydrogen (secondary N) is 1. The van der Waals surface area contributed by atoms with Gasteiger partial charge in [0.05, 0.1) is 10.6 Å². The zero-order valence-corrected chi connectivity index (χ0v) is 16.7. The summed E-state index contributed by atoms with van der Waals surface area (Å²) in [6.07, 6.45) is 1.62. The Hall–Kier alpha value is -3.19. The summed E-state index contributed by atoms with van der Waals surface area (Å²) in [5.41, 5.74) is 2.85. The Balaban J connectivity index is 1.77. The van der Waals surface area contributed by atoms with Crippen LogP contribution in [0.15, 0.2) is 71.8 Å². The maximum absolute atomic E-state index is 12.8. The summed E-state index contributed by atoms with van der Waals surface area (Å²) >= 11 is 0. The third-order valence-electron chi connectivity index (χ3n) is 4.33. The zero-order chi connectivity index (χ0) is 20.3. The van der Waals surface area contributed by atoms with Crippen molar-refractivity contribution in [3.63, 3.8) is 0 Å². The third-order valence-corrected chi connectivity index (χ3v) is 6.13. The first kappa shape index (κ1) is 19.6. The molecule has 0 unspecified atom stereocenters. The number of aryl methyl sites for hydroxylation is 2. The van der Waals surface area contributed by atoms with Crippen LogP contribution in [0.2, 0.25) is 0 Å². The predicted octanol–water partition coefficient (Wildman–Crippen LogP) is 3.78. The number of carbonyl (C=O) groups excluding carboxylic acids is 1. The molecule has 0 radical (unpaired) electrons. The third kappa shape index (κ3) is 4.20. The Labute approximate surface area is 164 Å². The molecule has 0 atom stereocenters. The highest BCUT2D eigenvalue weighted by molar-refractivity contribution is 7.92. The van der Waals surface area contributed by atoms with E-state index >= 15 is 0 Å². The topological polar surface area (TPSA) is 79.4 Å². The number of hydrogen-bond acceptors (Lipinski definition) is 4. The second-order valence-electron chi connectivity index (χ2n) is 6.51. The number of benzene rings is 2. The van der Waals surface area contributed by atoms with Crippen molar-refractivity contribution >= 4 is 27.4 Å². The van der Waals surface area contributed by atoms with Gasteiger partial charge in [0.15, 0.2) is 0 Å². The van der Waals surface area contributed by atoms with E-state index in [1.807, 2.05) is 19.9 Å². The quantitative estimate of drug-likeness (QED) is 0.713. The average molecular weight is 395 g/mol. The second-order valence-corrected chi connectivity index (χ2v) is 8.47. The lowest BCUT2D eigenvalue weighted by Crippen LogP contribution is -2.26. The van der Waals surface area contributed by atoms with Gasteiger partial charge in [0.1, 0.15) is 5.82 Å². The van der Waals surface area contributed by atoms with Crippen molar-refractivity contribution < 1.29 is 13.2 Å². The number of rotatable bonds is 5. The van der Waals surface area contributed by atoms with E-state index in [0.717, 1.165) is 11.1 Å². The van der Waals surface area contributed by atoms with Crippen molar-refractivity contribution in [2.24, 2.45) is 0 Å². The minimum atomic E-state index is -3.67. The first-order chi connectivity index (χ1) is 13.3. The summed E-state index contributed by atoms with van der Waals surface area (Å²) in [5, 5.41) is 2.73. The first-order valence-electron chi connectivity index (χ1n) is 8.67. The van der Waals surface area contributed by atoms with Gasteiger partial charge in [0.2, 0.25) is 0 Å². The molecule has 0 aliphatic rings. The molecule has 2 aromatic carbocycles. The molecule has 28 heavy (non-hydrogen) atoms. The molecule has 144 valence electrons. The van der Waals surface area contributed by atoms with Gasteiger partial charge >= 0.3 is 0 Å². The Morgan fingerprint density at radius 1 is 0.929 bits per heavy atom. The molecule has 3 aromatic rings. The Morgan fingerprint density at radius 3 is 2.18 bits per heavy atom. The van der Waals surface area contributed by atoms with E-state index in [1.54, 1.807) is 60.8 Å². The van der Waals surface area contributed by atoms with E-state index < -0.39 is 10.0 Å². The van der Waals surface area contributed by atoms with Gasteiger partial charge < -0.3 is 5.32 Å². The molecule has 1 aromatic heterocycles. The SMILES string of the molecule is Cc1ccc(S(=O)(=O)N(C)c2ccc(C(=O)Nc3cc(C)ccn3)cc2)cc1. The molecular weight excluding hydrogens is 374 g/mol. The minimum Gasteiger partial charge on any atom is -0.307 e. The number of nitrogens with zero attached hydrogens (tertiary/aromatic N) is 2. The lowest BCUT2D eigenvalue weighted by Gasteiger charge is -2.20. The van der Waals surface area contributed by atoms with Crippen molar-refractivity contribution in [1.29, 1.82) is 0 Å². The van der Waals surface area contributed by atoms with Gasteiger partial charge in [-0.3, -0.25) is 9.10 Å². The molecule has 3 rings (SSSR count). The van der Waals surface area contributed by atoms with Crippen molar-refractivity contribution in [3.8, 4) is 0 Å². The van der Waals surface area contributed by atoms with Gasteiger partial charge in [-0.1, -0.05) is 17.7 Å². The van der Waals surface area contributed by atoms with Gasteiger partial charge in [-0.05, 0) is 67.9 Å². The predicted molar refractivity (Wildman–Crippen MR) is 110 cm³/mol. The second kappa shape index (κ2) is 7.82. The van der Waals surface area contributed by atoms with Crippen LogP contribution >= 0.6 is 0 Å². The number of aromatic nitrogens is 1. The highest BCUT2D eigenvalue weighted by atomic mass is 32.2. The highest BCUT2D eigenvalue weighted by Gasteiger charge is 2.21. The van der Waals surface area contributed by atoms with Crippen LogP contribution in [-0.2, 0) is 10.0 Å². The fourth-order valence-corrected chi connectivity index (χ4v) is 3.82. The summed E-state index contributed by atoms with van der Waals surface area (Å²) in [7, 11) is -2.19. The Bertz CT molecular complexity index is 1090. The molecule has 0 saturated carbocycles. The van der Waals surface area contributed by atoms with E-state index in [9.17, 15) is 13.2 Å². The Kier molecular flexibility index (Phi) is 5.46. The number of amides is 1. The molecule has 6 nitrogen and oxygen atoms in total. The maximum Gasteiger partial charge on any atom is 0.264 e. The summed E-state index contributed by atoms with van der Waals surface area (Å²) in [4.78, 5) is 16.7. The van der Waals surface area contributed by atoms with Crippen LogP contribution in [0, 0.1) is 13.8 Å². The highest BCUT2D eigenvalue weighted by Crippen LogP contribution is 2.23. The molecule has 0 bridgehead atoms. The van der Waals surface area contributed by atoms with Gasteiger partial charge in [0, 0.05) is 18.8 Å². The molecule has 1 heterocycles. The molecule has 0 fully saturated rings. The standard InChI is InChI=1S/C21H21N3O3S/c1-15-4-10-19(11-5-15)28(26,27)24(3)18-8-6-17(7-9-18)21(25)23-20-14-16(2)12-13-22-20/h4-14H,1-3H3,(H,22,23,25). The van der Waals surface area contributed by atoms with Crippen LogP contribution in [0.1, 0.15) is 21.5 Å². The minimum absolute atomic E-state index is 0.216. The zero-order valence-electron chi connectivity index (χ0n) is 15.9. The summed E-state index contributed by atoms with van der Waals surface area (Å²) < 4.78 is 26.7. The molecule has 1 amide bonds. The van der Waals surface area contributed by atoms with E-state index in [-0.39, 0.29) is 10.8 Å². The average Bonchev–Trinajstić information content (AvgIpc) is 2.68. The summed E-state index contributed by atoms with van der Waals surface area (Å²) in [5.74, 6) is 0.154. The molecule has 0 spiro atoms. The lowest BCUT2D eigenvalue weighted by molar-refractivity contribution is 0.102. The number of carbonyl (C=O) groups is 1. The van der Waals surface area contributed by atoms with Gasteiger partial charge in [-0.25, -0.2) is 13.4 Å². The number of anilines is 2. The van der Waals surface area contributed by atoms with E-state index in [2.05, 4.69) is 10.3 Å². The molecular formula is C21H21N3O3S. The smallest absolute Gasteiger partial charge is 0.264 e. The monoisotopic (exact) mass is 395 g/mol.